The Hall–Kier alpha value is -1.70. The first kappa shape index (κ1) is 19.3. The van der Waals surface area contributed by atoms with Gasteiger partial charge < -0.3 is 11.1 Å². The van der Waals surface area contributed by atoms with Gasteiger partial charge in [-0.15, -0.1) is 12.4 Å². The van der Waals surface area contributed by atoms with Gasteiger partial charge >= 0.3 is 0 Å². The van der Waals surface area contributed by atoms with Crippen LogP contribution in [0.3, 0.4) is 0 Å². The number of hydrogen-bond acceptors (Lipinski definition) is 5. The second kappa shape index (κ2) is 9.44. The average molecular weight is 343 g/mol. The van der Waals surface area contributed by atoms with Crippen molar-refractivity contribution in [2.24, 2.45) is 11.7 Å². The molecule has 1 aliphatic heterocycles. The van der Waals surface area contributed by atoms with Crippen molar-refractivity contribution < 1.29 is 9.72 Å². The first-order chi connectivity index (χ1) is 10.6. The SMILES string of the molecule is Cl.NCCNC(=O)C1CCCN(Cc2ccc([N+](=O)[O-])cc2)C1. The summed E-state index contributed by atoms with van der Waals surface area (Å²) < 4.78 is 0. The Bertz CT molecular complexity index is 524. The molecule has 23 heavy (non-hydrogen) atoms. The highest BCUT2D eigenvalue weighted by molar-refractivity contribution is 5.85. The van der Waals surface area contributed by atoms with E-state index in [-0.39, 0.29) is 29.9 Å². The predicted octanol–water partition coefficient (Wildman–Crippen LogP) is 1.30. The standard InChI is InChI=1S/C15H22N4O3.ClH/c16-7-8-17-15(20)13-2-1-9-18(11-13)10-12-3-5-14(6-4-12)19(21)22;/h3-6,13H,1-2,7-11,16H2,(H,17,20);1H. The summed E-state index contributed by atoms with van der Waals surface area (Å²) in [5, 5.41) is 13.5. The number of nitro benzene ring substituents is 1. The third-order valence-corrected chi connectivity index (χ3v) is 3.87. The van der Waals surface area contributed by atoms with Gasteiger partial charge in [0.1, 0.15) is 0 Å². The molecular formula is C15H23ClN4O3. The summed E-state index contributed by atoms with van der Waals surface area (Å²) in [6.07, 6.45) is 1.88. The number of piperidine rings is 1. The van der Waals surface area contributed by atoms with Crippen molar-refractivity contribution in [3.8, 4) is 0 Å². The van der Waals surface area contributed by atoms with E-state index in [1.165, 1.54) is 12.1 Å². The van der Waals surface area contributed by atoms with Crippen molar-refractivity contribution in [3.05, 3.63) is 39.9 Å². The fourth-order valence-electron chi connectivity index (χ4n) is 2.73. The fraction of sp³-hybridized carbons (Fsp3) is 0.533. The van der Waals surface area contributed by atoms with Gasteiger partial charge in [-0.05, 0) is 24.9 Å². The second-order valence-electron chi connectivity index (χ2n) is 5.58. The van der Waals surface area contributed by atoms with Crippen LogP contribution in [0, 0.1) is 16.0 Å². The quantitative estimate of drug-likeness (QED) is 0.599. The number of hydrogen-bond donors (Lipinski definition) is 2. The van der Waals surface area contributed by atoms with E-state index >= 15 is 0 Å². The second-order valence-corrected chi connectivity index (χ2v) is 5.58. The number of non-ortho nitro benzene ring substituents is 1. The van der Waals surface area contributed by atoms with Crippen LogP contribution in [0.1, 0.15) is 18.4 Å². The molecule has 1 saturated heterocycles. The van der Waals surface area contributed by atoms with E-state index in [0.29, 0.717) is 26.2 Å². The Kier molecular flexibility index (Phi) is 7.94. The number of nitrogens with one attached hydrogen (secondary N) is 1. The molecule has 2 rings (SSSR count). The van der Waals surface area contributed by atoms with Crippen LogP contribution in [0.5, 0.6) is 0 Å². The lowest BCUT2D eigenvalue weighted by Gasteiger charge is -2.32. The van der Waals surface area contributed by atoms with E-state index in [1.54, 1.807) is 12.1 Å². The maximum Gasteiger partial charge on any atom is 0.269 e. The number of benzene rings is 1. The number of amides is 1. The highest BCUT2D eigenvalue weighted by Gasteiger charge is 2.25. The van der Waals surface area contributed by atoms with Gasteiger partial charge in [0.25, 0.3) is 5.69 Å². The number of carbonyl (C=O) groups is 1. The Balaban J connectivity index is 0.00000264. The van der Waals surface area contributed by atoms with E-state index in [9.17, 15) is 14.9 Å². The minimum Gasteiger partial charge on any atom is -0.355 e. The van der Waals surface area contributed by atoms with Gasteiger partial charge in [0.05, 0.1) is 10.8 Å². The summed E-state index contributed by atoms with van der Waals surface area (Å²) in [4.78, 5) is 24.5. The third-order valence-electron chi connectivity index (χ3n) is 3.87. The molecule has 128 valence electrons. The van der Waals surface area contributed by atoms with E-state index < -0.39 is 4.92 Å². The number of halogens is 1. The molecule has 0 aromatic heterocycles. The molecular weight excluding hydrogens is 320 g/mol. The van der Waals surface area contributed by atoms with Crippen LogP contribution in [0.25, 0.3) is 0 Å². The smallest absolute Gasteiger partial charge is 0.269 e. The molecule has 1 unspecified atom stereocenters. The highest BCUT2D eigenvalue weighted by Crippen LogP contribution is 2.20. The molecule has 1 aromatic carbocycles. The van der Waals surface area contributed by atoms with E-state index in [4.69, 9.17) is 5.73 Å². The third kappa shape index (κ3) is 5.78. The Morgan fingerprint density at radius 2 is 2.09 bits per heavy atom. The van der Waals surface area contributed by atoms with E-state index in [0.717, 1.165) is 24.9 Å². The van der Waals surface area contributed by atoms with Crippen molar-refractivity contribution in [1.82, 2.24) is 10.2 Å². The first-order valence-electron chi connectivity index (χ1n) is 7.53. The van der Waals surface area contributed by atoms with Gasteiger partial charge in [-0.2, -0.15) is 0 Å². The monoisotopic (exact) mass is 342 g/mol. The number of likely N-dealkylation sites (tertiary alicyclic amines) is 1. The number of nitrogens with two attached hydrogens (primary N) is 1. The Morgan fingerprint density at radius 1 is 1.39 bits per heavy atom. The number of nitro groups is 1. The summed E-state index contributed by atoms with van der Waals surface area (Å²) in [5.41, 5.74) is 6.52. The Labute approximate surface area is 141 Å². The minimum absolute atomic E-state index is 0. The van der Waals surface area contributed by atoms with Gasteiger partial charge in [-0.1, -0.05) is 12.1 Å². The topological polar surface area (TPSA) is 102 Å². The van der Waals surface area contributed by atoms with Gasteiger partial charge in [0.2, 0.25) is 5.91 Å². The lowest BCUT2D eigenvalue weighted by atomic mass is 9.96. The van der Waals surface area contributed by atoms with Gasteiger partial charge in [0.15, 0.2) is 0 Å². The van der Waals surface area contributed by atoms with E-state index in [2.05, 4.69) is 10.2 Å². The number of rotatable bonds is 6. The van der Waals surface area contributed by atoms with Crippen LogP contribution in [0.4, 0.5) is 5.69 Å². The molecule has 1 fully saturated rings. The fourth-order valence-corrected chi connectivity index (χ4v) is 2.73. The van der Waals surface area contributed by atoms with Crippen molar-refractivity contribution >= 4 is 24.0 Å². The lowest BCUT2D eigenvalue weighted by Crippen LogP contribution is -2.43. The number of carbonyl (C=O) groups excluding carboxylic acids is 1. The van der Waals surface area contributed by atoms with Crippen LogP contribution in [0.2, 0.25) is 0 Å². The minimum atomic E-state index is -0.400. The first-order valence-corrected chi connectivity index (χ1v) is 7.53. The molecule has 0 saturated carbocycles. The zero-order valence-corrected chi connectivity index (χ0v) is 13.8. The summed E-state index contributed by atoms with van der Waals surface area (Å²) in [7, 11) is 0. The summed E-state index contributed by atoms with van der Waals surface area (Å²) in [5.74, 6) is 0.0668. The zero-order chi connectivity index (χ0) is 15.9. The maximum absolute atomic E-state index is 12.0. The normalized spacial score (nSPS) is 18.0. The lowest BCUT2D eigenvalue weighted by molar-refractivity contribution is -0.384. The average Bonchev–Trinajstić information content (AvgIpc) is 2.53. The molecule has 3 N–H and O–H groups in total. The molecule has 0 bridgehead atoms. The van der Waals surface area contributed by atoms with Crippen LogP contribution < -0.4 is 11.1 Å². The highest BCUT2D eigenvalue weighted by atomic mass is 35.5. The van der Waals surface area contributed by atoms with E-state index in [1.807, 2.05) is 0 Å². The van der Waals surface area contributed by atoms with Gasteiger partial charge in [0, 0.05) is 38.3 Å². The van der Waals surface area contributed by atoms with Gasteiger partial charge in [-0.25, -0.2) is 0 Å². The molecule has 8 heteroatoms. The molecule has 7 nitrogen and oxygen atoms in total. The molecule has 0 aliphatic carbocycles. The summed E-state index contributed by atoms with van der Waals surface area (Å²) >= 11 is 0. The summed E-state index contributed by atoms with van der Waals surface area (Å²) in [6, 6.07) is 6.59. The van der Waals surface area contributed by atoms with Crippen LogP contribution in [-0.2, 0) is 11.3 Å². The molecule has 1 heterocycles. The van der Waals surface area contributed by atoms with Crippen LogP contribution in [-0.4, -0.2) is 41.9 Å². The summed E-state index contributed by atoms with van der Waals surface area (Å²) in [6.45, 7) is 3.33. The molecule has 1 aliphatic rings. The molecule has 1 amide bonds. The maximum atomic E-state index is 12.0. The molecule has 1 aromatic rings. The zero-order valence-electron chi connectivity index (χ0n) is 12.9. The molecule has 0 spiro atoms. The van der Waals surface area contributed by atoms with Crippen molar-refractivity contribution in [2.45, 2.75) is 19.4 Å². The predicted molar refractivity (Wildman–Crippen MR) is 90.4 cm³/mol. The Morgan fingerprint density at radius 3 is 2.70 bits per heavy atom. The van der Waals surface area contributed by atoms with Crippen LogP contribution in [0.15, 0.2) is 24.3 Å². The van der Waals surface area contributed by atoms with Crippen molar-refractivity contribution in [1.29, 1.82) is 0 Å². The van der Waals surface area contributed by atoms with Crippen LogP contribution >= 0.6 is 12.4 Å². The van der Waals surface area contributed by atoms with Crippen molar-refractivity contribution in [2.75, 3.05) is 26.2 Å². The largest absolute Gasteiger partial charge is 0.355 e. The van der Waals surface area contributed by atoms with Gasteiger partial charge in [-0.3, -0.25) is 19.8 Å². The van der Waals surface area contributed by atoms with Crippen molar-refractivity contribution in [3.63, 3.8) is 0 Å². The number of nitrogens with zero attached hydrogens (tertiary/aromatic N) is 2. The molecule has 1 atom stereocenters. The molecule has 0 radical (unpaired) electrons.